The Morgan fingerprint density at radius 2 is 1.96 bits per heavy atom. The fourth-order valence-electron chi connectivity index (χ4n) is 2.49. The van der Waals surface area contributed by atoms with Crippen LogP contribution in [-0.2, 0) is 16.1 Å². The van der Waals surface area contributed by atoms with Crippen molar-refractivity contribution in [1.29, 1.82) is 0 Å². The Labute approximate surface area is 136 Å². The van der Waals surface area contributed by atoms with Gasteiger partial charge in [0.05, 0.1) is 12.6 Å². The number of amides is 2. The minimum Gasteiger partial charge on any atom is -0.444 e. The maximum Gasteiger partial charge on any atom is 0.411 e. The maximum absolute atomic E-state index is 12.4. The molecule has 126 valence electrons. The lowest BCUT2D eigenvalue weighted by molar-refractivity contribution is -0.125. The lowest BCUT2D eigenvalue weighted by atomic mass is 10.1. The minimum absolute atomic E-state index is 0.109. The normalized spacial score (nSPS) is 21.1. The predicted molar refractivity (Wildman–Crippen MR) is 85.6 cm³/mol. The van der Waals surface area contributed by atoms with Crippen molar-refractivity contribution in [3.63, 3.8) is 0 Å². The first-order valence-electron chi connectivity index (χ1n) is 7.75. The average Bonchev–Trinajstić information content (AvgIpc) is 2.86. The van der Waals surface area contributed by atoms with Crippen LogP contribution in [0.4, 0.5) is 4.79 Å². The minimum atomic E-state index is -0.713. The van der Waals surface area contributed by atoms with Gasteiger partial charge in [-0.25, -0.2) is 4.79 Å². The summed E-state index contributed by atoms with van der Waals surface area (Å²) >= 11 is 0. The monoisotopic (exact) mass is 320 g/mol. The lowest BCUT2D eigenvalue weighted by Gasteiger charge is -2.27. The van der Waals surface area contributed by atoms with Crippen molar-refractivity contribution < 1.29 is 19.4 Å². The number of nitrogens with one attached hydrogen (secondary N) is 1. The van der Waals surface area contributed by atoms with Gasteiger partial charge in [-0.05, 0) is 26.3 Å². The second kappa shape index (κ2) is 7.00. The molecule has 1 aliphatic heterocycles. The summed E-state index contributed by atoms with van der Waals surface area (Å²) in [5.74, 6) is -0.281. The Morgan fingerprint density at radius 1 is 1.30 bits per heavy atom. The second-order valence-corrected chi connectivity index (χ2v) is 6.74. The average molecular weight is 320 g/mol. The molecule has 2 unspecified atom stereocenters. The number of carbonyl (C=O) groups is 2. The molecule has 0 saturated carbocycles. The number of likely N-dealkylation sites (tertiary alicyclic amines) is 1. The molecule has 2 N–H and O–H groups in total. The summed E-state index contributed by atoms with van der Waals surface area (Å²) in [6.07, 6.45) is -1.07. The molecule has 0 spiro atoms. The molecule has 1 aromatic carbocycles. The van der Waals surface area contributed by atoms with Crippen LogP contribution in [-0.4, -0.2) is 46.3 Å². The van der Waals surface area contributed by atoms with Crippen molar-refractivity contribution in [2.75, 3.05) is 6.54 Å². The number of carbonyl (C=O) groups excluding carboxylic acids is 2. The van der Waals surface area contributed by atoms with E-state index >= 15 is 0 Å². The molecule has 1 aromatic rings. The highest BCUT2D eigenvalue weighted by Gasteiger charge is 2.40. The third-order valence-electron chi connectivity index (χ3n) is 3.52. The molecule has 2 rings (SSSR count). The molecular formula is C17H24N2O4. The number of β-amino-alcohol motifs (C(OH)–C–C–N with tert-alkyl or cyclic N) is 1. The van der Waals surface area contributed by atoms with Crippen LogP contribution < -0.4 is 5.32 Å². The number of hydrogen-bond donors (Lipinski definition) is 2. The van der Waals surface area contributed by atoms with Crippen LogP contribution >= 0.6 is 0 Å². The standard InChI is InChI=1S/C17H24N2O4/c1-17(2,3)23-16(22)19-11-13(20)9-14(19)15(21)18-10-12-7-5-4-6-8-12/h4-8,13-14,20H,9-11H2,1-3H3,(H,18,21). The van der Waals surface area contributed by atoms with Gasteiger partial charge in [0.2, 0.25) is 5.91 Å². The number of aliphatic hydroxyl groups is 1. The van der Waals surface area contributed by atoms with Gasteiger partial charge < -0.3 is 15.2 Å². The molecule has 0 aromatic heterocycles. The van der Waals surface area contributed by atoms with E-state index in [9.17, 15) is 14.7 Å². The van der Waals surface area contributed by atoms with Gasteiger partial charge in [0, 0.05) is 13.0 Å². The van der Waals surface area contributed by atoms with Gasteiger partial charge in [-0.15, -0.1) is 0 Å². The van der Waals surface area contributed by atoms with E-state index in [0.717, 1.165) is 5.56 Å². The Morgan fingerprint density at radius 3 is 2.57 bits per heavy atom. The van der Waals surface area contributed by atoms with E-state index in [4.69, 9.17) is 4.74 Å². The van der Waals surface area contributed by atoms with E-state index < -0.39 is 23.8 Å². The first-order chi connectivity index (χ1) is 10.8. The van der Waals surface area contributed by atoms with E-state index in [-0.39, 0.29) is 18.9 Å². The number of nitrogens with zero attached hydrogens (tertiary/aromatic N) is 1. The highest BCUT2D eigenvalue weighted by atomic mass is 16.6. The fourth-order valence-corrected chi connectivity index (χ4v) is 2.49. The summed E-state index contributed by atoms with van der Waals surface area (Å²) in [4.78, 5) is 25.9. The highest BCUT2D eigenvalue weighted by molar-refractivity contribution is 5.86. The van der Waals surface area contributed by atoms with Gasteiger partial charge in [-0.3, -0.25) is 9.69 Å². The molecule has 6 heteroatoms. The SMILES string of the molecule is CC(C)(C)OC(=O)N1CC(O)CC1C(=O)NCc1ccccc1. The number of benzene rings is 1. The van der Waals surface area contributed by atoms with Crippen molar-refractivity contribution in [1.82, 2.24) is 10.2 Å². The summed E-state index contributed by atoms with van der Waals surface area (Å²) in [6.45, 7) is 5.79. The van der Waals surface area contributed by atoms with Crippen molar-refractivity contribution in [3.05, 3.63) is 35.9 Å². The molecule has 1 aliphatic rings. The predicted octanol–water partition coefficient (Wildman–Crippen LogP) is 1.67. The second-order valence-electron chi connectivity index (χ2n) is 6.74. The zero-order valence-electron chi connectivity index (χ0n) is 13.8. The zero-order valence-corrected chi connectivity index (χ0v) is 13.8. The summed E-state index contributed by atoms with van der Waals surface area (Å²) in [6, 6.07) is 8.82. The first kappa shape index (κ1) is 17.3. The van der Waals surface area contributed by atoms with Crippen LogP contribution in [0.5, 0.6) is 0 Å². The van der Waals surface area contributed by atoms with Crippen LogP contribution in [0, 0.1) is 0 Å². The Hall–Kier alpha value is -2.08. The molecule has 6 nitrogen and oxygen atoms in total. The zero-order chi connectivity index (χ0) is 17.0. The van der Waals surface area contributed by atoms with E-state index in [0.29, 0.717) is 6.54 Å². The summed E-state index contributed by atoms with van der Waals surface area (Å²) in [5.41, 5.74) is 0.332. The molecule has 1 heterocycles. The van der Waals surface area contributed by atoms with Crippen LogP contribution in [0.25, 0.3) is 0 Å². The van der Waals surface area contributed by atoms with Gasteiger partial charge in [0.1, 0.15) is 11.6 Å². The van der Waals surface area contributed by atoms with Crippen molar-refractivity contribution in [2.45, 2.75) is 51.5 Å². The Kier molecular flexibility index (Phi) is 5.26. The quantitative estimate of drug-likeness (QED) is 0.888. The number of hydrogen-bond acceptors (Lipinski definition) is 4. The maximum atomic E-state index is 12.4. The number of ether oxygens (including phenoxy) is 1. The van der Waals surface area contributed by atoms with E-state index in [1.54, 1.807) is 20.8 Å². The first-order valence-corrected chi connectivity index (χ1v) is 7.75. The van der Waals surface area contributed by atoms with Gasteiger partial charge in [0.25, 0.3) is 0 Å². The van der Waals surface area contributed by atoms with E-state index in [2.05, 4.69) is 5.32 Å². The molecule has 2 amide bonds. The number of aliphatic hydroxyl groups excluding tert-OH is 1. The molecule has 0 bridgehead atoms. The number of rotatable bonds is 3. The van der Waals surface area contributed by atoms with Gasteiger partial charge >= 0.3 is 6.09 Å². The van der Waals surface area contributed by atoms with Gasteiger partial charge in [-0.1, -0.05) is 30.3 Å². The highest BCUT2D eigenvalue weighted by Crippen LogP contribution is 2.21. The molecule has 0 radical (unpaired) electrons. The smallest absolute Gasteiger partial charge is 0.411 e. The van der Waals surface area contributed by atoms with Crippen LogP contribution in [0.1, 0.15) is 32.8 Å². The van der Waals surface area contributed by atoms with Gasteiger partial charge in [-0.2, -0.15) is 0 Å². The molecule has 1 fully saturated rings. The summed E-state index contributed by atoms with van der Waals surface area (Å²) in [7, 11) is 0. The largest absolute Gasteiger partial charge is 0.444 e. The Balaban J connectivity index is 1.98. The Bertz CT molecular complexity index is 553. The lowest BCUT2D eigenvalue weighted by Crippen LogP contribution is -2.47. The van der Waals surface area contributed by atoms with Crippen LogP contribution in [0.3, 0.4) is 0 Å². The topological polar surface area (TPSA) is 78.9 Å². The third-order valence-corrected chi connectivity index (χ3v) is 3.52. The molecule has 1 saturated heterocycles. The molecule has 2 atom stereocenters. The molecule has 0 aliphatic carbocycles. The van der Waals surface area contributed by atoms with Crippen molar-refractivity contribution in [2.24, 2.45) is 0 Å². The third kappa shape index (κ3) is 4.96. The van der Waals surface area contributed by atoms with Crippen molar-refractivity contribution in [3.8, 4) is 0 Å². The van der Waals surface area contributed by atoms with E-state index in [1.165, 1.54) is 4.90 Å². The fraction of sp³-hybridized carbons (Fsp3) is 0.529. The summed E-state index contributed by atoms with van der Waals surface area (Å²) in [5, 5.41) is 12.6. The van der Waals surface area contributed by atoms with Crippen molar-refractivity contribution >= 4 is 12.0 Å². The van der Waals surface area contributed by atoms with E-state index in [1.807, 2.05) is 30.3 Å². The summed E-state index contributed by atoms with van der Waals surface area (Å²) < 4.78 is 5.31. The van der Waals surface area contributed by atoms with Gasteiger partial charge in [0.15, 0.2) is 0 Å². The van der Waals surface area contributed by atoms with Crippen LogP contribution in [0.2, 0.25) is 0 Å². The molecular weight excluding hydrogens is 296 g/mol. The molecule has 23 heavy (non-hydrogen) atoms. The van der Waals surface area contributed by atoms with Crippen LogP contribution in [0.15, 0.2) is 30.3 Å².